The first-order valence-corrected chi connectivity index (χ1v) is 14.3. The number of sulfonamides is 1. The quantitative estimate of drug-likeness (QED) is 0.321. The van der Waals surface area contributed by atoms with E-state index in [0.717, 1.165) is 11.1 Å². The zero-order valence-electron chi connectivity index (χ0n) is 18.3. The van der Waals surface area contributed by atoms with Crippen molar-refractivity contribution < 1.29 is 26.7 Å². The van der Waals surface area contributed by atoms with Crippen LogP contribution in [0.2, 0.25) is 0 Å². The maximum absolute atomic E-state index is 12.8. The predicted molar refractivity (Wildman–Crippen MR) is 134 cm³/mol. The summed E-state index contributed by atoms with van der Waals surface area (Å²) in [6.45, 7) is 0. The highest BCUT2D eigenvalue weighted by molar-refractivity contribution is 7.96. The summed E-state index contributed by atoms with van der Waals surface area (Å²) in [5.74, 6) is -0.973. The molecule has 0 saturated heterocycles. The van der Waals surface area contributed by atoms with Crippen LogP contribution in [0.25, 0.3) is 0 Å². The Balaban J connectivity index is 1.45. The van der Waals surface area contributed by atoms with Crippen molar-refractivity contribution >= 4 is 42.9 Å². The predicted octanol–water partition coefficient (Wildman–Crippen LogP) is 4.87. The van der Waals surface area contributed by atoms with Gasteiger partial charge in [0, 0.05) is 5.69 Å². The molecule has 0 spiro atoms. The van der Waals surface area contributed by atoms with Crippen molar-refractivity contribution in [3.8, 4) is 0 Å². The van der Waals surface area contributed by atoms with E-state index in [4.69, 9.17) is 0 Å². The second kappa shape index (κ2) is 10.0. The number of aromatic carboxylic acids is 1. The van der Waals surface area contributed by atoms with Gasteiger partial charge in [-0.3, -0.25) is 4.72 Å². The van der Waals surface area contributed by atoms with Crippen LogP contribution >= 0.6 is 11.3 Å². The van der Waals surface area contributed by atoms with Crippen molar-refractivity contribution in [3.63, 3.8) is 0 Å². The molecule has 4 rings (SSSR count). The van der Waals surface area contributed by atoms with E-state index in [2.05, 4.69) is 4.72 Å². The van der Waals surface area contributed by atoms with Crippen molar-refractivity contribution in [2.75, 3.05) is 4.72 Å². The Bertz CT molecular complexity index is 1560. The molecule has 4 aromatic rings. The number of carboxylic acids is 1. The summed E-state index contributed by atoms with van der Waals surface area (Å²) in [7, 11) is -7.78. The first-order chi connectivity index (χ1) is 16.7. The number of benzene rings is 3. The Hall–Kier alpha value is -3.47. The van der Waals surface area contributed by atoms with Gasteiger partial charge in [0.2, 0.25) is 9.84 Å². The van der Waals surface area contributed by atoms with Crippen LogP contribution in [0.3, 0.4) is 0 Å². The molecule has 0 aliphatic rings. The van der Waals surface area contributed by atoms with Crippen molar-refractivity contribution in [2.45, 2.75) is 26.2 Å². The molecule has 1 aromatic heterocycles. The van der Waals surface area contributed by atoms with E-state index in [1.165, 1.54) is 24.3 Å². The summed E-state index contributed by atoms with van der Waals surface area (Å²) in [5.41, 5.74) is 2.24. The van der Waals surface area contributed by atoms with Crippen LogP contribution in [0, 0.1) is 0 Å². The molecular weight excluding hydrogens is 506 g/mol. The average molecular weight is 528 g/mol. The summed E-state index contributed by atoms with van der Waals surface area (Å²) >= 11 is 0.687. The summed E-state index contributed by atoms with van der Waals surface area (Å²) in [6, 6.07) is 24.0. The molecule has 0 atom stereocenters. The van der Waals surface area contributed by atoms with Gasteiger partial charge in [0.1, 0.15) is 8.42 Å². The zero-order valence-corrected chi connectivity index (χ0v) is 20.7. The molecule has 3 aromatic carbocycles. The number of hydrogen-bond donors (Lipinski definition) is 2. The maximum atomic E-state index is 12.8. The van der Waals surface area contributed by atoms with Crippen molar-refractivity contribution in [2.24, 2.45) is 0 Å². The normalized spacial score (nSPS) is 11.8. The molecule has 0 fully saturated rings. The van der Waals surface area contributed by atoms with Gasteiger partial charge in [-0.15, -0.1) is 11.3 Å². The molecular formula is C25H21NO6S3. The van der Waals surface area contributed by atoms with E-state index < -0.39 is 25.8 Å². The fourth-order valence-corrected chi connectivity index (χ4v) is 7.73. The van der Waals surface area contributed by atoms with E-state index in [0.29, 0.717) is 29.9 Å². The third-order valence-electron chi connectivity index (χ3n) is 5.28. The van der Waals surface area contributed by atoms with Gasteiger partial charge in [0.25, 0.3) is 10.0 Å². The Kier molecular flexibility index (Phi) is 7.06. The summed E-state index contributed by atoms with van der Waals surface area (Å²) in [4.78, 5) is 11.5. The van der Waals surface area contributed by atoms with Gasteiger partial charge in [-0.25, -0.2) is 21.6 Å². The van der Waals surface area contributed by atoms with Gasteiger partial charge in [0.15, 0.2) is 0 Å². The highest BCUT2D eigenvalue weighted by Gasteiger charge is 2.24. The first-order valence-electron chi connectivity index (χ1n) is 10.5. The Labute approximate surface area is 207 Å². The zero-order chi connectivity index (χ0) is 25.1. The van der Waals surface area contributed by atoms with Gasteiger partial charge in [0.05, 0.1) is 10.5 Å². The van der Waals surface area contributed by atoms with Crippen LogP contribution in [0.4, 0.5) is 5.69 Å². The minimum absolute atomic E-state index is 0.0546. The summed E-state index contributed by atoms with van der Waals surface area (Å²) in [5, 5.41) is 9.31. The van der Waals surface area contributed by atoms with Gasteiger partial charge in [-0.1, -0.05) is 48.5 Å². The molecule has 1 heterocycles. The topological polar surface area (TPSA) is 118 Å². The molecule has 0 saturated carbocycles. The van der Waals surface area contributed by atoms with Crippen LogP contribution in [-0.4, -0.2) is 27.9 Å². The Morgan fingerprint density at radius 2 is 1.37 bits per heavy atom. The van der Waals surface area contributed by atoms with Crippen molar-refractivity contribution in [1.29, 1.82) is 0 Å². The molecule has 0 aliphatic heterocycles. The van der Waals surface area contributed by atoms with Gasteiger partial charge in [-0.05, 0) is 66.4 Å². The van der Waals surface area contributed by atoms with E-state index >= 15 is 0 Å². The Morgan fingerprint density at radius 1 is 0.743 bits per heavy atom. The largest absolute Gasteiger partial charge is 0.478 e. The lowest BCUT2D eigenvalue weighted by molar-refractivity contribution is 0.0695. The number of carboxylic acid groups (broad SMARTS) is 1. The molecule has 7 nitrogen and oxygen atoms in total. The lowest BCUT2D eigenvalue weighted by Gasteiger charge is -2.09. The SMILES string of the molecule is O=C(O)c1ccccc1CCc1ccc(NS(=O)(=O)c2ccc(S(=O)(=O)c3ccccc3)s2)cc1. The van der Waals surface area contributed by atoms with Crippen LogP contribution in [0.1, 0.15) is 21.5 Å². The summed E-state index contributed by atoms with van der Waals surface area (Å²) < 4.78 is 53.5. The minimum atomic E-state index is -3.98. The number of hydrogen-bond acceptors (Lipinski definition) is 6. The number of sulfone groups is 1. The number of aryl methyl sites for hydroxylation is 2. The monoisotopic (exact) mass is 527 g/mol. The standard InChI is InChI=1S/C25H21NO6S3/c27-25(28)22-9-5-4-6-19(22)13-10-18-11-14-20(15-12-18)26-35(31,32)24-17-16-23(33-24)34(29,30)21-7-2-1-3-8-21/h1-9,11-12,14-17,26H,10,13H2,(H,27,28). The first kappa shape index (κ1) is 24.6. The number of thiophene rings is 1. The van der Waals surface area contributed by atoms with Crippen LogP contribution in [0.5, 0.6) is 0 Å². The maximum Gasteiger partial charge on any atom is 0.335 e. The smallest absolute Gasteiger partial charge is 0.335 e. The van der Waals surface area contributed by atoms with Crippen LogP contribution in [-0.2, 0) is 32.7 Å². The fraction of sp³-hybridized carbons (Fsp3) is 0.0800. The number of nitrogens with one attached hydrogen (secondary N) is 1. The van der Waals surface area contributed by atoms with Crippen molar-refractivity contribution in [1.82, 2.24) is 0 Å². The summed E-state index contributed by atoms with van der Waals surface area (Å²) in [6.07, 6.45) is 1.12. The van der Waals surface area contributed by atoms with E-state index in [9.17, 15) is 26.7 Å². The van der Waals surface area contributed by atoms with Crippen LogP contribution in [0.15, 0.2) is 104 Å². The van der Waals surface area contributed by atoms with E-state index in [1.54, 1.807) is 66.7 Å². The molecule has 0 unspecified atom stereocenters. The van der Waals surface area contributed by atoms with E-state index in [1.807, 2.05) is 0 Å². The molecule has 2 N–H and O–H groups in total. The van der Waals surface area contributed by atoms with Crippen molar-refractivity contribution in [3.05, 3.63) is 108 Å². The second-order valence-corrected chi connectivity index (χ2v) is 12.8. The fourth-order valence-electron chi connectivity index (χ4n) is 3.48. The minimum Gasteiger partial charge on any atom is -0.478 e. The average Bonchev–Trinajstić information content (AvgIpc) is 3.37. The number of anilines is 1. The van der Waals surface area contributed by atoms with Gasteiger partial charge < -0.3 is 5.11 Å². The van der Waals surface area contributed by atoms with Gasteiger partial charge >= 0.3 is 5.97 Å². The highest BCUT2D eigenvalue weighted by atomic mass is 32.3. The third kappa shape index (κ3) is 5.61. The number of carbonyl (C=O) groups is 1. The Morgan fingerprint density at radius 3 is 2.06 bits per heavy atom. The molecule has 10 heteroatoms. The molecule has 0 aliphatic carbocycles. The number of rotatable bonds is 9. The highest BCUT2D eigenvalue weighted by Crippen LogP contribution is 2.31. The second-order valence-electron chi connectivity index (χ2n) is 7.65. The molecule has 0 bridgehead atoms. The lowest BCUT2D eigenvalue weighted by atomic mass is 10.00. The third-order valence-corrected chi connectivity index (χ3v) is 10.5. The molecule has 0 radical (unpaired) electrons. The molecule has 0 amide bonds. The lowest BCUT2D eigenvalue weighted by Crippen LogP contribution is -2.11. The van der Waals surface area contributed by atoms with Crippen LogP contribution < -0.4 is 4.72 Å². The van der Waals surface area contributed by atoms with Gasteiger partial charge in [-0.2, -0.15) is 0 Å². The molecule has 35 heavy (non-hydrogen) atoms. The van der Waals surface area contributed by atoms with E-state index in [-0.39, 0.29) is 18.9 Å². The molecule has 180 valence electrons.